The van der Waals surface area contributed by atoms with Crippen molar-refractivity contribution in [3.8, 4) is 0 Å². The van der Waals surface area contributed by atoms with Gasteiger partial charge in [0, 0.05) is 19.1 Å². The molecule has 1 saturated heterocycles. The van der Waals surface area contributed by atoms with E-state index in [4.69, 9.17) is 5.73 Å². The molecule has 2 aromatic heterocycles. The van der Waals surface area contributed by atoms with Gasteiger partial charge >= 0.3 is 0 Å². The summed E-state index contributed by atoms with van der Waals surface area (Å²) < 4.78 is 1.67. The third kappa shape index (κ3) is 0.956. The van der Waals surface area contributed by atoms with Gasteiger partial charge in [0.2, 0.25) is 0 Å². The van der Waals surface area contributed by atoms with Crippen molar-refractivity contribution in [2.24, 2.45) is 5.73 Å². The number of tetrazole rings is 1. The Morgan fingerprint density at radius 3 is 3.00 bits per heavy atom. The molecule has 2 aromatic rings. The van der Waals surface area contributed by atoms with E-state index in [9.17, 15) is 0 Å². The molecule has 1 aliphatic rings. The van der Waals surface area contributed by atoms with Crippen molar-refractivity contribution in [2.45, 2.75) is 6.04 Å². The van der Waals surface area contributed by atoms with Crippen molar-refractivity contribution in [3.05, 3.63) is 12.4 Å². The van der Waals surface area contributed by atoms with Gasteiger partial charge in [0.25, 0.3) is 0 Å². The number of nitrogens with two attached hydrogens (primary N) is 1. The van der Waals surface area contributed by atoms with Crippen molar-refractivity contribution in [1.82, 2.24) is 25.0 Å². The lowest BCUT2D eigenvalue weighted by molar-refractivity contribution is 0.508. The summed E-state index contributed by atoms with van der Waals surface area (Å²) in [7, 11) is 0. The quantitative estimate of drug-likeness (QED) is 0.601. The average molecular weight is 191 g/mol. The molecule has 0 unspecified atom stereocenters. The molecular weight excluding hydrogens is 182 g/mol. The number of hydrogen-bond acceptors (Lipinski definition) is 6. The second-order valence-electron chi connectivity index (χ2n) is 3.38. The van der Waals surface area contributed by atoms with E-state index >= 15 is 0 Å². The fourth-order valence-electron chi connectivity index (χ4n) is 1.58. The van der Waals surface area contributed by atoms with Gasteiger partial charge in [0.15, 0.2) is 11.5 Å². The highest BCUT2D eigenvalue weighted by molar-refractivity contribution is 5.48. The Morgan fingerprint density at radius 1 is 1.36 bits per heavy atom. The van der Waals surface area contributed by atoms with Crippen LogP contribution in [0.4, 0.5) is 5.82 Å². The van der Waals surface area contributed by atoms with Crippen LogP contribution in [0.1, 0.15) is 0 Å². The summed E-state index contributed by atoms with van der Waals surface area (Å²) in [5.74, 6) is 0.897. The normalized spacial score (nSPS) is 17.4. The third-order valence-corrected chi connectivity index (χ3v) is 2.32. The summed E-state index contributed by atoms with van der Waals surface area (Å²) in [6.07, 6.45) is 3.37. The lowest BCUT2D eigenvalue weighted by Gasteiger charge is -2.37. The first kappa shape index (κ1) is 7.63. The number of fused-ring (bicyclic) bond motifs is 1. The molecule has 0 radical (unpaired) electrons. The summed E-state index contributed by atoms with van der Waals surface area (Å²) in [4.78, 5) is 6.17. The minimum Gasteiger partial charge on any atom is -0.352 e. The van der Waals surface area contributed by atoms with E-state index in [1.165, 1.54) is 0 Å². The van der Waals surface area contributed by atoms with Crippen molar-refractivity contribution in [2.75, 3.05) is 18.0 Å². The molecule has 1 aliphatic heterocycles. The molecule has 14 heavy (non-hydrogen) atoms. The largest absolute Gasteiger partial charge is 0.352 e. The van der Waals surface area contributed by atoms with E-state index in [-0.39, 0.29) is 6.04 Å². The predicted octanol–water partition coefficient (Wildman–Crippen LogP) is -1.33. The molecule has 3 heterocycles. The standard InChI is InChI=1S/C7H9N7/c8-5-3-13(4-5)7-2-9-1-6-10-11-12-14(6)7/h1-2,5H,3-4,8H2. The lowest BCUT2D eigenvalue weighted by atomic mass is 10.1. The van der Waals surface area contributed by atoms with Gasteiger partial charge in [-0.15, -0.1) is 5.10 Å². The van der Waals surface area contributed by atoms with Crippen LogP contribution >= 0.6 is 0 Å². The first-order valence-corrected chi connectivity index (χ1v) is 4.37. The minimum absolute atomic E-state index is 0.252. The van der Waals surface area contributed by atoms with E-state index in [2.05, 4.69) is 25.4 Å². The highest BCUT2D eigenvalue weighted by atomic mass is 15.5. The Morgan fingerprint density at radius 2 is 2.21 bits per heavy atom. The zero-order valence-corrected chi connectivity index (χ0v) is 7.41. The van der Waals surface area contributed by atoms with Crippen molar-refractivity contribution >= 4 is 11.5 Å². The zero-order chi connectivity index (χ0) is 9.54. The maximum absolute atomic E-state index is 5.70. The highest BCUT2D eigenvalue weighted by Crippen LogP contribution is 2.18. The van der Waals surface area contributed by atoms with Crippen LogP contribution in [-0.2, 0) is 0 Å². The summed E-state index contributed by atoms with van der Waals surface area (Å²) >= 11 is 0. The molecule has 0 atom stereocenters. The SMILES string of the molecule is NC1CN(c2cncc3nnnn23)C1. The molecule has 2 N–H and O–H groups in total. The van der Waals surface area contributed by atoms with Crippen LogP contribution < -0.4 is 10.6 Å². The maximum atomic E-state index is 5.70. The Bertz CT molecular complexity index is 458. The fourth-order valence-corrected chi connectivity index (χ4v) is 1.58. The summed E-state index contributed by atoms with van der Waals surface area (Å²) in [5.41, 5.74) is 6.36. The van der Waals surface area contributed by atoms with Gasteiger partial charge in [-0.2, -0.15) is 4.52 Å². The van der Waals surface area contributed by atoms with E-state index in [0.717, 1.165) is 18.9 Å². The number of aromatic nitrogens is 5. The van der Waals surface area contributed by atoms with Crippen molar-refractivity contribution < 1.29 is 0 Å². The molecule has 3 rings (SSSR count). The molecule has 7 heteroatoms. The molecular formula is C7H9N7. The number of anilines is 1. The van der Waals surface area contributed by atoms with Crippen LogP contribution in [0.5, 0.6) is 0 Å². The second kappa shape index (κ2) is 2.61. The summed E-state index contributed by atoms with van der Waals surface area (Å²) in [6.45, 7) is 1.67. The predicted molar refractivity (Wildman–Crippen MR) is 48.8 cm³/mol. The Hall–Kier alpha value is -1.76. The first-order valence-electron chi connectivity index (χ1n) is 4.37. The lowest BCUT2D eigenvalue weighted by Crippen LogP contribution is -2.56. The topological polar surface area (TPSA) is 85.2 Å². The fraction of sp³-hybridized carbons (Fsp3) is 0.429. The molecule has 0 aromatic carbocycles. The first-order chi connectivity index (χ1) is 6.84. The summed E-state index contributed by atoms with van der Waals surface area (Å²) in [5, 5.41) is 11.3. The molecule has 1 fully saturated rings. The smallest absolute Gasteiger partial charge is 0.199 e. The molecule has 72 valence electrons. The van der Waals surface area contributed by atoms with Gasteiger partial charge in [-0.1, -0.05) is 0 Å². The van der Waals surface area contributed by atoms with E-state index in [1.807, 2.05) is 0 Å². The van der Waals surface area contributed by atoms with Crippen LogP contribution in [0.25, 0.3) is 5.65 Å². The van der Waals surface area contributed by atoms with E-state index < -0.39 is 0 Å². The average Bonchev–Trinajstić information content (AvgIpc) is 2.60. The molecule has 7 nitrogen and oxygen atoms in total. The third-order valence-electron chi connectivity index (χ3n) is 2.32. The van der Waals surface area contributed by atoms with Crippen LogP contribution in [0, 0.1) is 0 Å². The number of hydrogen-bond donors (Lipinski definition) is 1. The van der Waals surface area contributed by atoms with E-state index in [1.54, 1.807) is 16.9 Å². The molecule has 0 bridgehead atoms. The number of nitrogens with zero attached hydrogens (tertiary/aromatic N) is 6. The summed E-state index contributed by atoms with van der Waals surface area (Å²) in [6, 6.07) is 0.252. The van der Waals surface area contributed by atoms with Crippen LogP contribution in [-0.4, -0.2) is 44.2 Å². The molecule has 0 amide bonds. The van der Waals surface area contributed by atoms with Gasteiger partial charge in [-0.3, -0.25) is 4.98 Å². The van der Waals surface area contributed by atoms with Crippen molar-refractivity contribution in [1.29, 1.82) is 0 Å². The zero-order valence-electron chi connectivity index (χ0n) is 7.41. The van der Waals surface area contributed by atoms with Crippen molar-refractivity contribution in [3.63, 3.8) is 0 Å². The van der Waals surface area contributed by atoms with Crippen LogP contribution in [0.15, 0.2) is 12.4 Å². The van der Waals surface area contributed by atoms with Gasteiger partial charge in [-0.25, -0.2) is 0 Å². The molecule has 0 spiro atoms. The Kier molecular flexibility index (Phi) is 1.42. The Labute approximate surface area is 79.5 Å². The molecule has 0 saturated carbocycles. The maximum Gasteiger partial charge on any atom is 0.199 e. The van der Waals surface area contributed by atoms with Crippen LogP contribution in [0.3, 0.4) is 0 Å². The second-order valence-corrected chi connectivity index (χ2v) is 3.38. The van der Waals surface area contributed by atoms with Crippen LogP contribution in [0.2, 0.25) is 0 Å². The van der Waals surface area contributed by atoms with Gasteiger partial charge in [0.1, 0.15) is 0 Å². The van der Waals surface area contributed by atoms with Gasteiger partial charge in [0.05, 0.1) is 12.4 Å². The van der Waals surface area contributed by atoms with Gasteiger partial charge in [-0.05, 0) is 10.4 Å². The minimum atomic E-state index is 0.252. The Balaban J connectivity index is 2.07. The highest BCUT2D eigenvalue weighted by Gasteiger charge is 2.25. The monoisotopic (exact) mass is 191 g/mol. The van der Waals surface area contributed by atoms with E-state index in [0.29, 0.717) is 5.65 Å². The number of rotatable bonds is 1. The van der Waals surface area contributed by atoms with Gasteiger partial charge < -0.3 is 10.6 Å². The molecule has 0 aliphatic carbocycles.